The molecule has 0 aromatic rings. The molecule has 0 N–H and O–H groups in total. The van der Waals surface area contributed by atoms with Gasteiger partial charge in [0.2, 0.25) is 0 Å². The Labute approximate surface area is 330 Å². The highest BCUT2D eigenvalue weighted by Gasteiger charge is 2.21. The first-order chi connectivity index (χ1) is 26.0. The molecule has 0 aromatic heterocycles. The van der Waals surface area contributed by atoms with Crippen LogP contribution in [0.1, 0.15) is 155 Å². The van der Waals surface area contributed by atoms with Crippen molar-refractivity contribution in [2.24, 2.45) is 0 Å². The third-order valence-corrected chi connectivity index (χ3v) is 9.49. The number of allylic oxidation sites excluding steroid dienone is 10. The van der Waals surface area contributed by atoms with Gasteiger partial charge in [-0.15, -0.1) is 0 Å². The lowest BCUT2D eigenvalue weighted by atomic mass is 10.1. The number of esters is 2. The van der Waals surface area contributed by atoms with Crippen molar-refractivity contribution in [1.82, 2.24) is 0 Å². The topological polar surface area (TPSA) is 111 Å². The van der Waals surface area contributed by atoms with Crippen molar-refractivity contribution in [3.8, 4) is 0 Å². The quantitative estimate of drug-likeness (QED) is 0.0201. The zero-order valence-electron chi connectivity index (χ0n) is 34.9. The second kappa shape index (κ2) is 36.4. The maximum absolute atomic E-state index is 12.6. The summed E-state index contributed by atoms with van der Waals surface area (Å²) in [5, 5.41) is 0. The zero-order valence-corrected chi connectivity index (χ0v) is 35.8. The number of rotatable bonds is 37. The number of unbranched alkanes of at least 4 members (excludes halogenated alkanes) is 13. The molecule has 0 radical (unpaired) electrons. The van der Waals surface area contributed by atoms with E-state index in [1.165, 1.54) is 25.7 Å². The summed E-state index contributed by atoms with van der Waals surface area (Å²) >= 11 is 0. The number of nitrogens with zero attached hydrogens (tertiary/aromatic N) is 1. The van der Waals surface area contributed by atoms with Crippen LogP contribution in [0.3, 0.4) is 0 Å². The zero-order chi connectivity index (χ0) is 40.0. The predicted octanol–water partition coefficient (Wildman–Crippen LogP) is 11.1. The molecule has 0 saturated carbocycles. The highest BCUT2D eigenvalue weighted by Crippen LogP contribution is 2.38. The van der Waals surface area contributed by atoms with Crippen LogP contribution >= 0.6 is 7.82 Å². The number of hydrogen-bond donors (Lipinski definition) is 0. The lowest BCUT2D eigenvalue weighted by Gasteiger charge is -2.28. The molecule has 0 bridgehead atoms. The molecule has 0 rings (SSSR count). The SMILES string of the molecule is CC/C=C/C/C=C/C/C=C/CCCCCCCC(=O)OC[C@H](COP(=O)([O-])OCC[N+](C)(C)C)OC(=O)CCCCCCC/C=C/C/C=C/CCCCC. The average Bonchev–Trinajstić information content (AvgIpc) is 3.12. The number of carbonyl (C=O) groups excluding carboxylic acids is 2. The van der Waals surface area contributed by atoms with E-state index in [1.807, 2.05) is 21.1 Å². The van der Waals surface area contributed by atoms with Crippen molar-refractivity contribution in [3.05, 3.63) is 60.8 Å². The molecule has 0 aliphatic carbocycles. The molecule has 54 heavy (non-hydrogen) atoms. The van der Waals surface area contributed by atoms with E-state index in [4.69, 9.17) is 18.5 Å². The van der Waals surface area contributed by atoms with Crippen molar-refractivity contribution < 1.29 is 42.1 Å². The molecule has 0 aliphatic rings. The van der Waals surface area contributed by atoms with Gasteiger partial charge in [-0.1, -0.05) is 126 Å². The fourth-order valence-electron chi connectivity index (χ4n) is 5.23. The van der Waals surface area contributed by atoms with Crippen molar-refractivity contribution >= 4 is 19.8 Å². The molecule has 9 nitrogen and oxygen atoms in total. The van der Waals surface area contributed by atoms with Gasteiger partial charge in [-0.2, -0.15) is 0 Å². The average molecular weight is 780 g/mol. The summed E-state index contributed by atoms with van der Waals surface area (Å²) in [5.74, 6) is -0.876. The fourth-order valence-corrected chi connectivity index (χ4v) is 5.96. The highest BCUT2D eigenvalue weighted by molar-refractivity contribution is 7.45. The summed E-state index contributed by atoms with van der Waals surface area (Å²) in [5.41, 5.74) is 0. The van der Waals surface area contributed by atoms with Gasteiger partial charge in [-0.25, -0.2) is 0 Å². The van der Waals surface area contributed by atoms with E-state index >= 15 is 0 Å². The summed E-state index contributed by atoms with van der Waals surface area (Å²) in [4.78, 5) is 37.5. The van der Waals surface area contributed by atoms with E-state index in [0.717, 1.165) is 89.9 Å². The van der Waals surface area contributed by atoms with Gasteiger partial charge in [0.05, 0.1) is 27.7 Å². The third-order valence-electron chi connectivity index (χ3n) is 8.52. The molecule has 0 aliphatic heterocycles. The molecule has 0 saturated heterocycles. The summed E-state index contributed by atoms with van der Waals surface area (Å²) in [7, 11) is 1.13. The van der Waals surface area contributed by atoms with Crippen molar-refractivity contribution in [3.63, 3.8) is 0 Å². The van der Waals surface area contributed by atoms with Gasteiger partial charge in [-0.05, 0) is 77.0 Å². The largest absolute Gasteiger partial charge is 0.756 e. The Morgan fingerprint density at radius 3 is 1.57 bits per heavy atom. The van der Waals surface area contributed by atoms with Crippen molar-refractivity contribution in [1.29, 1.82) is 0 Å². The van der Waals surface area contributed by atoms with Crippen LogP contribution in [0.5, 0.6) is 0 Å². The maximum Gasteiger partial charge on any atom is 0.306 e. The maximum atomic E-state index is 12.6. The second-order valence-corrected chi connectivity index (χ2v) is 16.4. The Morgan fingerprint density at radius 2 is 1.06 bits per heavy atom. The standard InChI is InChI=1S/C44H78NO8P/c1-6-8-10-12-14-16-18-20-22-24-26-28-30-32-34-36-43(46)50-40-42(41-52-54(48,49)51-39-38-45(3,4)5)53-44(47)37-35-33-31-29-27-25-23-21-19-17-15-13-11-9-7-2/h8,10,14-17,20-23,42H,6-7,9,11-13,18-19,24-41H2,1-5H3/b10-8+,16-14+,17-15+,22-20+,23-21+/t42-/m1/s1. The number of hydrogen-bond acceptors (Lipinski definition) is 8. The van der Waals surface area contributed by atoms with E-state index in [-0.39, 0.29) is 26.1 Å². The van der Waals surface area contributed by atoms with Crippen LogP contribution < -0.4 is 4.89 Å². The summed E-state index contributed by atoms with van der Waals surface area (Å²) in [6.45, 7) is 4.03. The van der Waals surface area contributed by atoms with Gasteiger partial charge in [0.1, 0.15) is 19.8 Å². The van der Waals surface area contributed by atoms with Gasteiger partial charge in [0.15, 0.2) is 6.10 Å². The first-order valence-corrected chi connectivity index (χ1v) is 22.5. The molecule has 2 atom stereocenters. The number of likely N-dealkylation sites (N-methyl/N-ethyl adjacent to an activating group) is 1. The summed E-state index contributed by atoms with van der Waals surface area (Å²) in [6, 6.07) is 0. The van der Waals surface area contributed by atoms with E-state index in [0.29, 0.717) is 23.9 Å². The van der Waals surface area contributed by atoms with Crippen LogP contribution in [0.25, 0.3) is 0 Å². The molecule has 0 heterocycles. The van der Waals surface area contributed by atoms with Gasteiger partial charge in [0.25, 0.3) is 7.82 Å². The van der Waals surface area contributed by atoms with Gasteiger partial charge in [-0.3, -0.25) is 14.2 Å². The van der Waals surface area contributed by atoms with Gasteiger partial charge in [0, 0.05) is 12.8 Å². The molecule has 10 heteroatoms. The second-order valence-electron chi connectivity index (χ2n) is 15.0. The number of carbonyl (C=O) groups is 2. The summed E-state index contributed by atoms with van der Waals surface area (Å²) in [6.07, 6.45) is 42.4. The van der Waals surface area contributed by atoms with Crippen LogP contribution in [-0.4, -0.2) is 70.0 Å². The number of phosphoric acid groups is 1. The van der Waals surface area contributed by atoms with Gasteiger partial charge >= 0.3 is 11.9 Å². The minimum absolute atomic E-state index is 0.0394. The Hall–Kier alpha value is -2.29. The molecular formula is C44H78NO8P. The third kappa shape index (κ3) is 39.4. The molecule has 0 aromatic carbocycles. The Balaban J connectivity index is 4.45. The fraction of sp³-hybridized carbons (Fsp3) is 0.727. The molecule has 0 spiro atoms. The van der Waals surface area contributed by atoms with Crippen LogP contribution in [0.15, 0.2) is 60.8 Å². The first-order valence-electron chi connectivity index (χ1n) is 21.0. The molecule has 1 unspecified atom stereocenters. The lowest BCUT2D eigenvalue weighted by Crippen LogP contribution is -2.37. The Bertz CT molecular complexity index is 1110. The number of ether oxygens (including phenoxy) is 2. The van der Waals surface area contributed by atoms with E-state index in [9.17, 15) is 19.0 Å². The van der Waals surface area contributed by atoms with Crippen LogP contribution in [-0.2, 0) is 32.7 Å². The van der Waals surface area contributed by atoms with Crippen molar-refractivity contribution in [2.45, 2.75) is 161 Å². The molecule has 0 amide bonds. The molecule has 0 fully saturated rings. The minimum Gasteiger partial charge on any atom is -0.756 e. The van der Waals surface area contributed by atoms with Gasteiger partial charge < -0.3 is 27.9 Å². The van der Waals surface area contributed by atoms with Crippen LogP contribution in [0.2, 0.25) is 0 Å². The van der Waals surface area contributed by atoms with E-state index < -0.39 is 32.5 Å². The minimum atomic E-state index is -4.63. The highest BCUT2D eigenvalue weighted by atomic mass is 31.2. The molecule has 312 valence electrons. The van der Waals surface area contributed by atoms with Crippen LogP contribution in [0, 0.1) is 0 Å². The molecular weight excluding hydrogens is 701 g/mol. The predicted molar refractivity (Wildman–Crippen MR) is 222 cm³/mol. The number of quaternary nitrogens is 1. The normalized spacial score (nSPS) is 14.3. The smallest absolute Gasteiger partial charge is 0.306 e. The summed E-state index contributed by atoms with van der Waals surface area (Å²) < 4.78 is 33.8. The van der Waals surface area contributed by atoms with Crippen molar-refractivity contribution in [2.75, 3.05) is 47.5 Å². The number of phosphoric ester groups is 1. The Kier molecular flexibility index (Phi) is 34.8. The van der Waals surface area contributed by atoms with E-state index in [2.05, 4.69) is 74.6 Å². The Morgan fingerprint density at radius 1 is 0.593 bits per heavy atom. The van der Waals surface area contributed by atoms with Crippen LogP contribution in [0.4, 0.5) is 0 Å². The first kappa shape index (κ1) is 51.7. The van der Waals surface area contributed by atoms with E-state index in [1.54, 1.807) is 0 Å². The lowest BCUT2D eigenvalue weighted by molar-refractivity contribution is -0.870. The monoisotopic (exact) mass is 780 g/mol.